The van der Waals surface area contributed by atoms with Crippen molar-refractivity contribution in [3.8, 4) is 0 Å². The van der Waals surface area contributed by atoms with Crippen LogP contribution in [0.4, 0.5) is 0 Å². The topological polar surface area (TPSA) is 34.1 Å². The molecular formula is C25H21BrO2S. The predicted molar refractivity (Wildman–Crippen MR) is 121 cm³/mol. The molecule has 4 heteroatoms. The van der Waals surface area contributed by atoms with Gasteiger partial charge >= 0.3 is 0 Å². The molecule has 0 fully saturated rings. The molecule has 0 aromatic heterocycles. The smallest absolute Gasteiger partial charge is 0.184 e. The van der Waals surface area contributed by atoms with Crippen LogP contribution >= 0.6 is 15.9 Å². The fraction of sp³-hybridized carbons (Fsp3) is 0.200. The number of hydrogen-bond donors (Lipinski definition) is 0. The normalized spacial score (nSPS) is 17.4. The summed E-state index contributed by atoms with van der Waals surface area (Å²) < 4.78 is 27.4. The van der Waals surface area contributed by atoms with Crippen LogP contribution in [0.3, 0.4) is 0 Å². The van der Waals surface area contributed by atoms with Crippen molar-refractivity contribution in [2.24, 2.45) is 0 Å². The number of sulfone groups is 1. The van der Waals surface area contributed by atoms with Gasteiger partial charge in [0.2, 0.25) is 0 Å². The van der Waals surface area contributed by atoms with Crippen LogP contribution in [0, 0.1) is 17.4 Å². The molecule has 1 unspecified atom stereocenters. The monoisotopic (exact) mass is 464 g/mol. The highest BCUT2D eigenvalue weighted by Crippen LogP contribution is 2.25. The van der Waals surface area contributed by atoms with Crippen LogP contribution < -0.4 is 10.4 Å². The summed E-state index contributed by atoms with van der Waals surface area (Å²) in [4.78, 5) is 0.415. The molecule has 0 amide bonds. The Morgan fingerprint density at radius 3 is 2.45 bits per heavy atom. The Bertz CT molecular complexity index is 1450. The van der Waals surface area contributed by atoms with Crippen LogP contribution in [0.25, 0.3) is 12.2 Å². The van der Waals surface area contributed by atoms with E-state index in [0.29, 0.717) is 11.3 Å². The molecule has 2 aliphatic carbocycles. The third-order valence-electron chi connectivity index (χ3n) is 6.09. The number of benzene rings is 3. The Kier molecular flexibility index (Phi) is 4.52. The van der Waals surface area contributed by atoms with Crippen molar-refractivity contribution in [1.82, 2.24) is 0 Å². The van der Waals surface area contributed by atoms with Crippen LogP contribution in [-0.2, 0) is 22.7 Å². The first-order valence-electron chi connectivity index (χ1n) is 9.87. The lowest BCUT2D eigenvalue weighted by molar-refractivity contribution is 0.585. The summed E-state index contributed by atoms with van der Waals surface area (Å²) in [5.74, 6) is 0. The Morgan fingerprint density at radius 2 is 1.66 bits per heavy atom. The molecule has 0 saturated heterocycles. The first-order valence-corrected chi connectivity index (χ1v) is 12.2. The Labute approximate surface area is 179 Å². The first-order chi connectivity index (χ1) is 13.9. The minimum atomic E-state index is -3.36. The van der Waals surface area contributed by atoms with E-state index in [1.807, 2.05) is 25.1 Å². The molecule has 0 spiro atoms. The molecule has 0 N–H and O–H groups in total. The molecule has 1 atom stereocenters. The van der Waals surface area contributed by atoms with Crippen molar-refractivity contribution < 1.29 is 8.42 Å². The highest BCUT2D eigenvalue weighted by atomic mass is 79.9. The van der Waals surface area contributed by atoms with E-state index >= 15 is 0 Å². The quantitative estimate of drug-likeness (QED) is 0.575. The van der Waals surface area contributed by atoms with Crippen LogP contribution in [0.2, 0.25) is 0 Å². The van der Waals surface area contributed by atoms with Crippen LogP contribution in [0.1, 0.15) is 23.1 Å². The van der Waals surface area contributed by atoms with Crippen LogP contribution in [0.15, 0.2) is 64.0 Å². The Morgan fingerprint density at radius 1 is 0.897 bits per heavy atom. The molecule has 29 heavy (non-hydrogen) atoms. The lowest BCUT2D eigenvalue weighted by Gasteiger charge is -2.22. The summed E-state index contributed by atoms with van der Waals surface area (Å²) in [6, 6.07) is 17.9. The van der Waals surface area contributed by atoms with Gasteiger partial charge in [0, 0.05) is 4.47 Å². The van der Waals surface area contributed by atoms with E-state index in [1.165, 1.54) is 26.8 Å². The molecule has 0 aliphatic heterocycles. The standard InChI is InChI=1S/C25H21BrO2S/c1-16-2-7-20(8-3-16)29(27,28)21-9-13-23-18(15-21)5-11-24-22-12-6-19(26)14-17(22)4-10-25(23)24/h2-8,11-12,14-15,21H,9-10,13H2,1H3. The number of fused-ring (bicyclic) bond motifs is 4. The summed E-state index contributed by atoms with van der Waals surface area (Å²) in [5.41, 5.74) is 3.72. The second-order valence-corrected chi connectivity index (χ2v) is 11.0. The zero-order chi connectivity index (χ0) is 20.2. The summed E-state index contributed by atoms with van der Waals surface area (Å²) in [5, 5.41) is 4.40. The van der Waals surface area contributed by atoms with Crippen LogP contribution in [0.5, 0.6) is 0 Å². The average Bonchev–Trinajstić information content (AvgIpc) is 2.72. The minimum absolute atomic E-state index is 0.415. The molecule has 0 bridgehead atoms. The van der Waals surface area contributed by atoms with Gasteiger partial charge in [-0.1, -0.05) is 64.0 Å². The SMILES string of the molecule is Cc1ccc(S(=O)(=O)C2C=c3ccc4c(c3CC2)CC=c2cc(Br)ccc2=4)cc1. The Hall–Kier alpha value is -2.17. The first kappa shape index (κ1) is 18.8. The molecule has 3 aromatic rings. The molecule has 2 aliphatic rings. The van der Waals surface area contributed by atoms with Crippen molar-refractivity contribution in [1.29, 1.82) is 0 Å². The fourth-order valence-corrected chi connectivity index (χ4v) is 6.52. The van der Waals surface area contributed by atoms with Gasteiger partial charge in [0.1, 0.15) is 0 Å². The second-order valence-electron chi connectivity index (χ2n) is 7.90. The zero-order valence-corrected chi connectivity index (χ0v) is 18.6. The lowest BCUT2D eigenvalue weighted by atomic mass is 9.89. The molecule has 146 valence electrons. The molecule has 0 radical (unpaired) electrons. The molecule has 0 heterocycles. The van der Waals surface area contributed by atoms with Crippen molar-refractivity contribution in [3.05, 3.63) is 96.6 Å². The molecule has 5 rings (SSSR count). The van der Waals surface area contributed by atoms with Crippen molar-refractivity contribution in [2.75, 3.05) is 0 Å². The fourth-order valence-electron chi connectivity index (χ4n) is 4.53. The van der Waals surface area contributed by atoms with Gasteiger partial charge in [-0.15, -0.1) is 0 Å². The van der Waals surface area contributed by atoms with E-state index in [4.69, 9.17) is 0 Å². The number of halogens is 1. The van der Waals surface area contributed by atoms with E-state index in [1.54, 1.807) is 12.1 Å². The van der Waals surface area contributed by atoms with Gasteiger partial charge in [-0.2, -0.15) is 0 Å². The third kappa shape index (κ3) is 3.19. The van der Waals surface area contributed by atoms with E-state index < -0.39 is 15.1 Å². The third-order valence-corrected chi connectivity index (χ3v) is 8.68. The molecule has 3 aromatic carbocycles. The van der Waals surface area contributed by atoms with Crippen LogP contribution in [-0.4, -0.2) is 13.7 Å². The maximum absolute atomic E-state index is 13.2. The summed E-state index contributed by atoms with van der Waals surface area (Å²) >= 11 is 3.56. The summed E-state index contributed by atoms with van der Waals surface area (Å²) in [6.45, 7) is 1.97. The van der Waals surface area contributed by atoms with Crippen molar-refractivity contribution in [3.63, 3.8) is 0 Å². The van der Waals surface area contributed by atoms with Gasteiger partial charge in [-0.3, -0.25) is 0 Å². The molecule has 2 nitrogen and oxygen atoms in total. The largest absolute Gasteiger partial charge is 0.223 e. The maximum Gasteiger partial charge on any atom is 0.184 e. The van der Waals surface area contributed by atoms with Crippen molar-refractivity contribution >= 4 is 37.9 Å². The second kappa shape index (κ2) is 6.96. The summed E-state index contributed by atoms with van der Waals surface area (Å²) in [7, 11) is -3.36. The van der Waals surface area contributed by atoms with E-state index in [-0.39, 0.29) is 0 Å². The highest BCUT2D eigenvalue weighted by Gasteiger charge is 2.28. The van der Waals surface area contributed by atoms with Gasteiger partial charge in [0.15, 0.2) is 9.84 Å². The predicted octanol–water partition coefficient (Wildman–Crippen LogP) is 3.95. The highest BCUT2D eigenvalue weighted by molar-refractivity contribution is 9.10. The average molecular weight is 465 g/mol. The zero-order valence-electron chi connectivity index (χ0n) is 16.2. The number of rotatable bonds is 2. The molecular weight excluding hydrogens is 444 g/mol. The van der Waals surface area contributed by atoms with E-state index in [0.717, 1.165) is 28.1 Å². The van der Waals surface area contributed by atoms with Gasteiger partial charge in [-0.25, -0.2) is 8.42 Å². The lowest BCUT2D eigenvalue weighted by Crippen LogP contribution is -2.30. The summed E-state index contributed by atoms with van der Waals surface area (Å²) in [6.07, 6.45) is 6.56. The van der Waals surface area contributed by atoms with E-state index in [9.17, 15) is 8.42 Å². The molecule has 0 saturated carbocycles. The minimum Gasteiger partial charge on any atom is -0.223 e. The number of aryl methyl sites for hydroxylation is 1. The maximum atomic E-state index is 13.2. The van der Waals surface area contributed by atoms with Gasteiger partial charge in [-0.05, 0) is 82.5 Å². The van der Waals surface area contributed by atoms with Gasteiger partial charge in [0.25, 0.3) is 0 Å². The Balaban J connectivity index is 1.66. The van der Waals surface area contributed by atoms with Gasteiger partial charge < -0.3 is 0 Å². The van der Waals surface area contributed by atoms with Gasteiger partial charge in [0.05, 0.1) is 10.1 Å². The number of hydrogen-bond acceptors (Lipinski definition) is 2. The van der Waals surface area contributed by atoms with E-state index in [2.05, 4.69) is 52.3 Å². The van der Waals surface area contributed by atoms with Crippen molar-refractivity contribution in [2.45, 2.75) is 36.3 Å².